The number of benzene rings is 1. The third-order valence-electron chi connectivity index (χ3n) is 4.46. The van der Waals surface area contributed by atoms with Crippen molar-refractivity contribution in [3.05, 3.63) is 34.8 Å². The molecular weight excluding hydrogens is 320 g/mol. The lowest BCUT2D eigenvalue weighted by molar-refractivity contribution is 0.100. The summed E-state index contributed by atoms with van der Waals surface area (Å²) in [6, 6.07) is 5.89. The van der Waals surface area contributed by atoms with Gasteiger partial charge in [-0.15, -0.1) is 11.3 Å². The summed E-state index contributed by atoms with van der Waals surface area (Å²) in [4.78, 5) is 22.3. The van der Waals surface area contributed by atoms with Crippen LogP contribution in [0.15, 0.2) is 24.4 Å². The summed E-state index contributed by atoms with van der Waals surface area (Å²) in [6.45, 7) is 8.35. The Kier molecular flexibility index (Phi) is 4.87. The van der Waals surface area contributed by atoms with Crippen LogP contribution < -0.4 is 10.6 Å². The molecule has 3 rings (SSSR count). The molecule has 1 aromatic carbocycles. The number of anilines is 1. The zero-order chi connectivity index (χ0) is 17.3. The minimum absolute atomic E-state index is 0.406. The highest BCUT2D eigenvalue weighted by atomic mass is 32.1. The summed E-state index contributed by atoms with van der Waals surface area (Å²) >= 11 is 1.64. The molecule has 1 fully saturated rings. The molecule has 2 N–H and O–H groups in total. The molecule has 0 saturated carbocycles. The minimum atomic E-state index is -0.406. The summed E-state index contributed by atoms with van der Waals surface area (Å²) in [5, 5.41) is 0.864. The zero-order valence-corrected chi connectivity index (χ0v) is 15.3. The topological polar surface area (TPSA) is 62.5 Å². The third kappa shape index (κ3) is 3.44. The SMILES string of the molecule is CC(C)c1cnc(-c2cc(N3CCN(C)CC3)ccc2C(N)=O)s1. The van der Waals surface area contributed by atoms with E-state index in [-0.39, 0.29) is 0 Å². The molecule has 1 saturated heterocycles. The van der Waals surface area contributed by atoms with Crippen molar-refractivity contribution in [2.45, 2.75) is 19.8 Å². The number of likely N-dealkylation sites (N-methyl/N-ethyl adjacent to an activating group) is 1. The van der Waals surface area contributed by atoms with Gasteiger partial charge in [-0.05, 0) is 31.2 Å². The van der Waals surface area contributed by atoms with Crippen molar-refractivity contribution in [3.8, 4) is 10.6 Å². The van der Waals surface area contributed by atoms with Crippen LogP contribution in [0.25, 0.3) is 10.6 Å². The molecule has 0 atom stereocenters. The maximum Gasteiger partial charge on any atom is 0.249 e. The predicted octanol–water partition coefficient (Wildman–Crippen LogP) is 2.78. The van der Waals surface area contributed by atoms with Crippen LogP contribution in [0.3, 0.4) is 0 Å². The first-order valence-electron chi connectivity index (χ1n) is 8.29. The number of piperazine rings is 1. The Hall–Kier alpha value is -1.92. The second-order valence-electron chi connectivity index (χ2n) is 6.61. The first-order chi connectivity index (χ1) is 11.5. The van der Waals surface area contributed by atoms with Crippen molar-refractivity contribution in [1.29, 1.82) is 0 Å². The number of primary amides is 1. The summed E-state index contributed by atoms with van der Waals surface area (Å²) in [6.07, 6.45) is 1.90. The summed E-state index contributed by atoms with van der Waals surface area (Å²) in [5.74, 6) is 0.0188. The fourth-order valence-corrected chi connectivity index (χ4v) is 3.81. The van der Waals surface area contributed by atoms with Crippen molar-refractivity contribution < 1.29 is 4.79 Å². The van der Waals surface area contributed by atoms with Crippen LogP contribution in [-0.4, -0.2) is 49.0 Å². The van der Waals surface area contributed by atoms with E-state index < -0.39 is 5.91 Å². The molecule has 1 aliphatic rings. The number of carbonyl (C=O) groups is 1. The fourth-order valence-electron chi connectivity index (χ4n) is 2.86. The lowest BCUT2D eigenvalue weighted by Gasteiger charge is -2.34. The van der Waals surface area contributed by atoms with Gasteiger partial charge in [0.2, 0.25) is 5.91 Å². The molecule has 0 aliphatic carbocycles. The molecule has 0 bridgehead atoms. The van der Waals surface area contributed by atoms with E-state index in [1.165, 1.54) is 4.88 Å². The van der Waals surface area contributed by atoms with Crippen LogP contribution in [-0.2, 0) is 0 Å². The Morgan fingerprint density at radius 3 is 2.54 bits per heavy atom. The first-order valence-corrected chi connectivity index (χ1v) is 9.11. The Morgan fingerprint density at radius 1 is 1.25 bits per heavy atom. The van der Waals surface area contributed by atoms with Gasteiger partial charge in [0.1, 0.15) is 5.01 Å². The van der Waals surface area contributed by atoms with Gasteiger partial charge in [0.15, 0.2) is 0 Å². The summed E-state index contributed by atoms with van der Waals surface area (Å²) < 4.78 is 0. The van der Waals surface area contributed by atoms with Crippen LogP contribution in [0.2, 0.25) is 0 Å². The lowest BCUT2D eigenvalue weighted by Crippen LogP contribution is -2.44. The van der Waals surface area contributed by atoms with Crippen LogP contribution in [0, 0.1) is 0 Å². The number of hydrogen-bond donors (Lipinski definition) is 1. The van der Waals surface area contributed by atoms with E-state index >= 15 is 0 Å². The van der Waals surface area contributed by atoms with Gasteiger partial charge >= 0.3 is 0 Å². The smallest absolute Gasteiger partial charge is 0.249 e. The highest BCUT2D eigenvalue weighted by Crippen LogP contribution is 2.34. The van der Waals surface area contributed by atoms with Crippen molar-refractivity contribution >= 4 is 22.9 Å². The van der Waals surface area contributed by atoms with E-state index in [1.807, 2.05) is 18.3 Å². The first kappa shape index (κ1) is 16.9. The number of hydrogen-bond acceptors (Lipinski definition) is 5. The van der Waals surface area contributed by atoms with Gasteiger partial charge in [-0.3, -0.25) is 4.79 Å². The zero-order valence-electron chi connectivity index (χ0n) is 14.5. The number of rotatable bonds is 4. The van der Waals surface area contributed by atoms with Gasteiger partial charge < -0.3 is 15.5 Å². The summed E-state index contributed by atoms with van der Waals surface area (Å²) in [5.41, 5.74) is 8.09. The van der Waals surface area contributed by atoms with Crippen LogP contribution in [0.4, 0.5) is 5.69 Å². The van der Waals surface area contributed by atoms with Gasteiger partial charge in [-0.1, -0.05) is 13.8 Å². The minimum Gasteiger partial charge on any atom is -0.369 e. The molecule has 1 aliphatic heterocycles. The monoisotopic (exact) mass is 344 g/mol. The van der Waals surface area contributed by atoms with Gasteiger partial charge in [0.05, 0.1) is 0 Å². The number of thiazole rings is 1. The van der Waals surface area contributed by atoms with Gasteiger partial charge in [0.25, 0.3) is 0 Å². The Bertz CT molecular complexity index is 732. The Morgan fingerprint density at radius 2 is 1.96 bits per heavy atom. The molecule has 5 nitrogen and oxygen atoms in total. The van der Waals surface area contributed by atoms with Gasteiger partial charge in [0, 0.05) is 54.1 Å². The normalized spacial score (nSPS) is 15.9. The molecule has 128 valence electrons. The van der Waals surface area contributed by atoms with Crippen LogP contribution in [0.1, 0.15) is 35.0 Å². The number of nitrogens with zero attached hydrogens (tertiary/aromatic N) is 3. The Labute approximate surface area is 147 Å². The van der Waals surface area contributed by atoms with Crippen LogP contribution in [0.5, 0.6) is 0 Å². The number of nitrogens with two attached hydrogens (primary N) is 1. The lowest BCUT2D eigenvalue weighted by atomic mass is 10.1. The highest BCUT2D eigenvalue weighted by Gasteiger charge is 2.19. The van der Waals surface area contributed by atoms with E-state index in [4.69, 9.17) is 5.73 Å². The van der Waals surface area contributed by atoms with Crippen molar-refractivity contribution in [1.82, 2.24) is 9.88 Å². The van der Waals surface area contributed by atoms with Crippen molar-refractivity contribution in [2.24, 2.45) is 5.73 Å². The Balaban J connectivity index is 1.98. The maximum atomic E-state index is 11.8. The second-order valence-corrected chi connectivity index (χ2v) is 7.67. The molecule has 1 amide bonds. The van der Waals surface area contributed by atoms with Gasteiger partial charge in [-0.25, -0.2) is 4.98 Å². The average Bonchev–Trinajstić information content (AvgIpc) is 3.05. The number of amides is 1. The summed E-state index contributed by atoms with van der Waals surface area (Å²) in [7, 11) is 2.14. The highest BCUT2D eigenvalue weighted by molar-refractivity contribution is 7.15. The average molecular weight is 344 g/mol. The fraction of sp³-hybridized carbons (Fsp3) is 0.444. The maximum absolute atomic E-state index is 11.8. The molecule has 2 heterocycles. The third-order valence-corrected chi connectivity index (χ3v) is 5.79. The predicted molar refractivity (Wildman–Crippen MR) is 99.9 cm³/mol. The second kappa shape index (κ2) is 6.91. The molecular formula is C18H24N4OS. The van der Waals surface area contributed by atoms with Gasteiger partial charge in [-0.2, -0.15) is 0 Å². The van der Waals surface area contributed by atoms with E-state index in [1.54, 1.807) is 11.3 Å². The molecule has 6 heteroatoms. The van der Waals surface area contributed by atoms with E-state index in [2.05, 4.69) is 41.7 Å². The van der Waals surface area contributed by atoms with E-state index in [0.29, 0.717) is 11.5 Å². The number of aromatic nitrogens is 1. The van der Waals surface area contributed by atoms with Crippen LogP contribution >= 0.6 is 11.3 Å². The van der Waals surface area contributed by atoms with Crippen molar-refractivity contribution in [3.63, 3.8) is 0 Å². The van der Waals surface area contributed by atoms with Crippen molar-refractivity contribution in [2.75, 3.05) is 38.1 Å². The molecule has 1 aromatic heterocycles. The number of carbonyl (C=O) groups excluding carboxylic acids is 1. The largest absolute Gasteiger partial charge is 0.369 e. The quantitative estimate of drug-likeness (QED) is 0.926. The molecule has 0 spiro atoms. The molecule has 0 radical (unpaired) electrons. The molecule has 0 unspecified atom stereocenters. The molecule has 2 aromatic rings. The standard InChI is InChI=1S/C18H24N4OS/c1-12(2)16-11-20-18(24-16)15-10-13(4-5-14(15)17(19)23)22-8-6-21(3)7-9-22/h4-5,10-12H,6-9H2,1-3H3,(H2,19,23). The van der Waals surface area contributed by atoms with E-state index in [0.717, 1.165) is 42.4 Å². The van der Waals surface area contributed by atoms with E-state index in [9.17, 15) is 4.79 Å². The molecule has 24 heavy (non-hydrogen) atoms.